The first-order valence-electron chi connectivity index (χ1n) is 7.80. The summed E-state index contributed by atoms with van der Waals surface area (Å²) in [6, 6.07) is 8.03. The van der Waals surface area contributed by atoms with E-state index in [4.69, 9.17) is 14.2 Å². The second-order valence-corrected chi connectivity index (χ2v) is 5.43. The first-order valence-corrected chi connectivity index (χ1v) is 7.80. The number of benzene rings is 2. The molecule has 0 fully saturated rings. The van der Waals surface area contributed by atoms with Crippen molar-refractivity contribution in [3.8, 4) is 17.2 Å². The molecule has 0 unspecified atom stereocenters. The highest BCUT2D eigenvalue weighted by molar-refractivity contribution is 5.80. The van der Waals surface area contributed by atoms with E-state index >= 15 is 0 Å². The highest BCUT2D eigenvalue weighted by Crippen LogP contribution is 2.38. The molecule has 0 radical (unpaired) electrons. The van der Waals surface area contributed by atoms with E-state index in [0.717, 1.165) is 6.07 Å². The number of rotatable bonds is 7. The van der Waals surface area contributed by atoms with Crippen molar-refractivity contribution >= 4 is 11.6 Å². The van der Waals surface area contributed by atoms with Gasteiger partial charge in [-0.15, -0.1) is 0 Å². The Morgan fingerprint density at radius 1 is 1.00 bits per heavy atom. The predicted octanol–water partition coefficient (Wildman–Crippen LogP) is 3.42. The Morgan fingerprint density at radius 3 is 2.11 bits per heavy atom. The van der Waals surface area contributed by atoms with Crippen LogP contribution in [0.5, 0.6) is 17.2 Å². The molecule has 2 rings (SSSR count). The summed E-state index contributed by atoms with van der Waals surface area (Å²) in [7, 11) is 4.34. The lowest BCUT2D eigenvalue weighted by molar-refractivity contribution is -0.137. The van der Waals surface area contributed by atoms with Gasteiger partial charge in [-0.2, -0.15) is 13.2 Å². The van der Waals surface area contributed by atoms with Gasteiger partial charge in [-0.1, -0.05) is 12.1 Å². The number of alkyl halides is 3. The van der Waals surface area contributed by atoms with Gasteiger partial charge in [0.25, 0.3) is 0 Å². The third-order valence-corrected chi connectivity index (χ3v) is 3.66. The van der Waals surface area contributed by atoms with Gasteiger partial charge in [0.1, 0.15) is 0 Å². The molecular weight excluding hydrogens is 365 g/mol. The maximum Gasteiger partial charge on any atom is 0.418 e. The smallest absolute Gasteiger partial charge is 0.418 e. The van der Waals surface area contributed by atoms with E-state index in [1.807, 2.05) is 0 Å². The van der Waals surface area contributed by atoms with Crippen LogP contribution in [0.25, 0.3) is 0 Å². The lowest BCUT2D eigenvalue weighted by Crippen LogP contribution is -2.31. The molecule has 0 atom stereocenters. The highest BCUT2D eigenvalue weighted by atomic mass is 19.4. The Hall–Kier alpha value is -3.10. The molecule has 6 nitrogen and oxygen atoms in total. The molecule has 0 aliphatic heterocycles. The molecule has 27 heavy (non-hydrogen) atoms. The average Bonchev–Trinajstić information content (AvgIpc) is 2.65. The summed E-state index contributed by atoms with van der Waals surface area (Å²) in [5.74, 6) is 0.577. The molecule has 0 saturated heterocycles. The third-order valence-electron chi connectivity index (χ3n) is 3.66. The molecule has 0 heterocycles. The van der Waals surface area contributed by atoms with Crippen molar-refractivity contribution < 1.29 is 32.2 Å². The SMILES string of the molecule is COc1cc(CC(=O)NNc2ccccc2C(F)(F)F)cc(OC)c1OC. The van der Waals surface area contributed by atoms with Gasteiger partial charge in [-0.05, 0) is 29.8 Å². The van der Waals surface area contributed by atoms with Crippen LogP contribution < -0.4 is 25.1 Å². The number of nitrogens with one attached hydrogen (secondary N) is 2. The largest absolute Gasteiger partial charge is 0.493 e. The van der Waals surface area contributed by atoms with Gasteiger partial charge in [-0.25, -0.2) is 0 Å². The van der Waals surface area contributed by atoms with Crippen LogP contribution in [0, 0.1) is 0 Å². The second kappa shape index (κ2) is 8.52. The molecule has 0 saturated carbocycles. The van der Waals surface area contributed by atoms with Crippen LogP contribution in [0.15, 0.2) is 36.4 Å². The molecule has 2 N–H and O–H groups in total. The zero-order valence-corrected chi connectivity index (χ0v) is 14.9. The minimum atomic E-state index is -4.54. The van der Waals surface area contributed by atoms with Crippen LogP contribution in [0.2, 0.25) is 0 Å². The number of ether oxygens (including phenoxy) is 3. The Kier molecular flexibility index (Phi) is 6.38. The number of hydrogen-bond donors (Lipinski definition) is 2. The van der Waals surface area contributed by atoms with Crippen LogP contribution in [-0.2, 0) is 17.4 Å². The molecule has 1 amide bonds. The Balaban J connectivity index is 2.11. The number of amides is 1. The maximum absolute atomic E-state index is 13.0. The van der Waals surface area contributed by atoms with E-state index < -0.39 is 17.6 Å². The number of hydrogen-bond acceptors (Lipinski definition) is 5. The van der Waals surface area contributed by atoms with E-state index in [2.05, 4.69) is 10.9 Å². The quantitative estimate of drug-likeness (QED) is 0.716. The summed E-state index contributed by atoms with van der Waals surface area (Å²) in [5, 5.41) is 0. The zero-order chi connectivity index (χ0) is 20.0. The van der Waals surface area contributed by atoms with E-state index in [1.54, 1.807) is 12.1 Å². The average molecular weight is 384 g/mol. The molecule has 0 aliphatic rings. The number of hydrazine groups is 1. The number of halogens is 3. The summed E-state index contributed by atoms with van der Waals surface area (Å²) in [6.45, 7) is 0. The van der Waals surface area contributed by atoms with Gasteiger partial charge >= 0.3 is 6.18 Å². The summed E-state index contributed by atoms with van der Waals surface area (Å²) >= 11 is 0. The lowest BCUT2D eigenvalue weighted by Gasteiger charge is -2.16. The fraction of sp³-hybridized carbons (Fsp3) is 0.278. The number of para-hydroxylation sites is 1. The van der Waals surface area contributed by atoms with Crippen LogP contribution >= 0.6 is 0 Å². The van der Waals surface area contributed by atoms with Gasteiger partial charge in [0.15, 0.2) is 11.5 Å². The standard InChI is InChI=1S/C18H19F3N2O4/c1-25-14-8-11(9-15(26-2)17(14)27-3)10-16(24)23-22-13-7-5-4-6-12(13)18(19,20)21/h4-9,22H,10H2,1-3H3,(H,23,24). The summed E-state index contributed by atoms with van der Waals surface area (Å²) in [5.41, 5.74) is 3.99. The second-order valence-electron chi connectivity index (χ2n) is 5.43. The molecule has 2 aromatic carbocycles. The Morgan fingerprint density at radius 2 is 1.59 bits per heavy atom. The number of carbonyl (C=O) groups is 1. The van der Waals surface area contributed by atoms with E-state index in [9.17, 15) is 18.0 Å². The molecule has 0 aromatic heterocycles. The van der Waals surface area contributed by atoms with E-state index in [-0.39, 0.29) is 12.1 Å². The van der Waals surface area contributed by atoms with Crippen molar-refractivity contribution in [2.24, 2.45) is 0 Å². The molecule has 146 valence electrons. The first-order chi connectivity index (χ1) is 12.8. The molecule has 0 bridgehead atoms. The number of anilines is 1. The van der Waals surface area contributed by atoms with Gasteiger partial charge in [-0.3, -0.25) is 15.6 Å². The molecule has 0 aliphatic carbocycles. The monoisotopic (exact) mass is 384 g/mol. The van der Waals surface area contributed by atoms with Crippen molar-refractivity contribution in [3.63, 3.8) is 0 Å². The van der Waals surface area contributed by atoms with Crippen LogP contribution in [0.4, 0.5) is 18.9 Å². The predicted molar refractivity (Wildman–Crippen MR) is 93.0 cm³/mol. The maximum atomic E-state index is 13.0. The van der Waals surface area contributed by atoms with Crippen molar-refractivity contribution in [1.82, 2.24) is 5.43 Å². The van der Waals surface area contributed by atoms with Crippen LogP contribution in [0.1, 0.15) is 11.1 Å². The first kappa shape index (κ1) is 20.2. The summed E-state index contributed by atoms with van der Waals surface area (Å²) < 4.78 is 54.5. The van der Waals surface area contributed by atoms with Gasteiger partial charge in [0.05, 0.1) is 39.0 Å². The van der Waals surface area contributed by atoms with Gasteiger partial charge in [0.2, 0.25) is 11.7 Å². The van der Waals surface area contributed by atoms with Crippen molar-refractivity contribution in [2.45, 2.75) is 12.6 Å². The topological polar surface area (TPSA) is 68.8 Å². The zero-order valence-electron chi connectivity index (χ0n) is 14.9. The molecule has 0 spiro atoms. The summed E-state index contributed by atoms with van der Waals surface area (Å²) in [4.78, 5) is 12.1. The fourth-order valence-electron chi connectivity index (χ4n) is 2.44. The Labute approximate surface area is 154 Å². The van der Waals surface area contributed by atoms with E-state index in [0.29, 0.717) is 22.8 Å². The van der Waals surface area contributed by atoms with Gasteiger partial charge < -0.3 is 14.2 Å². The molecule has 9 heteroatoms. The minimum Gasteiger partial charge on any atom is -0.493 e. The van der Waals surface area contributed by atoms with Gasteiger partial charge in [0, 0.05) is 0 Å². The molecular formula is C18H19F3N2O4. The lowest BCUT2D eigenvalue weighted by atomic mass is 10.1. The number of carbonyl (C=O) groups excluding carboxylic acids is 1. The third kappa shape index (κ3) is 4.96. The van der Waals surface area contributed by atoms with Crippen LogP contribution in [-0.4, -0.2) is 27.2 Å². The summed E-state index contributed by atoms with van der Waals surface area (Å²) in [6.07, 6.45) is -4.65. The van der Waals surface area contributed by atoms with Crippen molar-refractivity contribution in [3.05, 3.63) is 47.5 Å². The Bertz CT molecular complexity index is 784. The normalized spacial score (nSPS) is 10.9. The van der Waals surface area contributed by atoms with Crippen LogP contribution in [0.3, 0.4) is 0 Å². The highest BCUT2D eigenvalue weighted by Gasteiger charge is 2.33. The van der Waals surface area contributed by atoms with Crippen molar-refractivity contribution in [1.29, 1.82) is 0 Å². The number of methoxy groups -OCH3 is 3. The molecule has 2 aromatic rings. The fourth-order valence-corrected chi connectivity index (χ4v) is 2.44. The van der Waals surface area contributed by atoms with Crippen molar-refractivity contribution in [2.75, 3.05) is 26.8 Å². The van der Waals surface area contributed by atoms with E-state index in [1.165, 1.54) is 39.5 Å². The minimum absolute atomic E-state index is 0.113.